The zero-order valence-corrected chi connectivity index (χ0v) is 18.1. The number of anilines is 1. The number of hydrogen-bond acceptors (Lipinski definition) is 5. The summed E-state index contributed by atoms with van der Waals surface area (Å²) in [5, 5.41) is 23.2. The molecule has 11 heteroatoms. The highest BCUT2D eigenvalue weighted by Crippen LogP contribution is 2.24. The minimum atomic E-state index is -0.699. The van der Waals surface area contributed by atoms with Crippen molar-refractivity contribution in [3.05, 3.63) is 67.4 Å². The quantitative estimate of drug-likeness (QED) is 0.419. The zero-order chi connectivity index (χ0) is 22.0. The number of nitrogens with zero attached hydrogens (tertiary/aromatic N) is 5. The minimum Gasteiger partial charge on any atom is -0.358 e. The van der Waals surface area contributed by atoms with Crippen LogP contribution in [0, 0.1) is 24.0 Å². The molecule has 0 fully saturated rings. The van der Waals surface area contributed by atoms with Crippen LogP contribution in [0.3, 0.4) is 0 Å². The number of carbonyl (C=O) groups is 1. The molecule has 3 rings (SSSR count). The molecular formula is C19H20Cl2N6O3. The molecule has 1 aromatic carbocycles. The van der Waals surface area contributed by atoms with E-state index in [1.165, 1.54) is 10.7 Å². The normalized spacial score (nSPS) is 12.0. The molecule has 0 bridgehead atoms. The minimum absolute atomic E-state index is 0.293. The summed E-state index contributed by atoms with van der Waals surface area (Å²) in [7, 11) is 0. The van der Waals surface area contributed by atoms with Crippen molar-refractivity contribution in [3.8, 4) is 0 Å². The van der Waals surface area contributed by atoms with Crippen molar-refractivity contribution in [1.29, 1.82) is 0 Å². The summed E-state index contributed by atoms with van der Waals surface area (Å²) in [6.45, 7) is 5.76. The van der Waals surface area contributed by atoms with Gasteiger partial charge >= 0.3 is 5.82 Å². The lowest BCUT2D eigenvalue weighted by Gasteiger charge is -2.13. The van der Waals surface area contributed by atoms with Crippen molar-refractivity contribution >= 4 is 40.7 Å². The van der Waals surface area contributed by atoms with Crippen LogP contribution in [0.5, 0.6) is 0 Å². The summed E-state index contributed by atoms with van der Waals surface area (Å²) in [4.78, 5) is 23.2. The lowest BCUT2D eigenvalue weighted by atomic mass is 10.2. The van der Waals surface area contributed by atoms with Gasteiger partial charge in [-0.15, -0.1) is 0 Å². The van der Waals surface area contributed by atoms with Gasteiger partial charge in [-0.1, -0.05) is 36.2 Å². The average molecular weight is 451 g/mol. The standard InChI is InChI=1S/C19H20Cl2N6O3/c1-4-16(26-12(3)8-18(24-26)27(29)30)19(28)22-17-7-11(2)25(23-17)10-13-5-6-14(20)9-15(13)21/h5-9,16H,4,10H2,1-3H3,(H,22,23,28). The summed E-state index contributed by atoms with van der Waals surface area (Å²) in [6.07, 6.45) is 0.408. The van der Waals surface area contributed by atoms with Crippen LogP contribution in [-0.4, -0.2) is 30.4 Å². The first-order valence-electron chi connectivity index (χ1n) is 9.19. The largest absolute Gasteiger partial charge is 0.390 e. The molecule has 1 unspecified atom stereocenters. The second-order valence-corrected chi connectivity index (χ2v) is 7.67. The van der Waals surface area contributed by atoms with Crippen LogP contribution in [0.1, 0.15) is 36.3 Å². The molecule has 0 aliphatic heterocycles. The van der Waals surface area contributed by atoms with Crippen LogP contribution in [0.15, 0.2) is 30.3 Å². The van der Waals surface area contributed by atoms with Crippen molar-refractivity contribution in [2.45, 2.75) is 39.8 Å². The smallest absolute Gasteiger partial charge is 0.358 e. The SMILES string of the molecule is CCC(C(=O)Nc1cc(C)n(Cc2ccc(Cl)cc2Cl)n1)n1nc([N+](=O)[O-])cc1C. The third-order valence-electron chi connectivity index (χ3n) is 4.65. The lowest BCUT2D eigenvalue weighted by molar-refractivity contribution is -0.389. The topological polar surface area (TPSA) is 108 Å². The van der Waals surface area contributed by atoms with E-state index in [0.717, 1.165) is 11.3 Å². The summed E-state index contributed by atoms with van der Waals surface area (Å²) >= 11 is 12.2. The highest BCUT2D eigenvalue weighted by Gasteiger charge is 2.27. The van der Waals surface area contributed by atoms with E-state index in [9.17, 15) is 14.9 Å². The maximum Gasteiger partial charge on any atom is 0.390 e. The molecular weight excluding hydrogens is 431 g/mol. The van der Waals surface area contributed by atoms with Gasteiger partial charge in [0, 0.05) is 21.8 Å². The number of nitro groups is 1. The number of nitrogens with one attached hydrogen (secondary N) is 1. The average Bonchev–Trinajstić information content (AvgIpc) is 3.21. The van der Waals surface area contributed by atoms with Crippen LogP contribution >= 0.6 is 23.2 Å². The Hall–Kier alpha value is -2.91. The maximum absolute atomic E-state index is 12.8. The van der Waals surface area contributed by atoms with Gasteiger partial charge in [-0.25, -0.2) is 0 Å². The van der Waals surface area contributed by atoms with Crippen LogP contribution in [0.4, 0.5) is 11.6 Å². The summed E-state index contributed by atoms with van der Waals surface area (Å²) in [5.74, 6) is -0.271. The lowest BCUT2D eigenvalue weighted by Crippen LogP contribution is -2.27. The molecule has 30 heavy (non-hydrogen) atoms. The fraction of sp³-hybridized carbons (Fsp3) is 0.316. The van der Waals surface area contributed by atoms with Crippen molar-refractivity contribution in [2.24, 2.45) is 0 Å². The highest BCUT2D eigenvalue weighted by atomic mass is 35.5. The molecule has 2 heterocycles. The molecule has 0 radical (unpaired) electrons. The molecule has 3 aromatic rings. The fourth-order valence-electron chi connectivity index (χ4n) is 3.10. The van der Waals surface area contributed by atoms with Gasteiger partial charge in [0.15, 0.2) is 11.9 Å². The number of hydrogen-bond donors (Lipinski definition) is 1. The molecule has 1 atom stereocenters. The van der Waals surface area contributed by atoms with Gasteiger partial charge in [0.05, 0.1) is 23.4 Å². The Labute approximate surface area is 182 Å². The first-order valence-corrected chi connectivity index (χ1v) is 9.95. The molecule has 158 valence electrons. The van der Waals surface area contributed by atoms with Gasteiger partial charge in [0.1, 0.15) is 0 Å². The van der Waals surface area contributed by atoms with Crippen LogP contribution < -0.4 is 5.32 Å². The van der Waals surface area contributed by atoms with Crippen molar-refractivity contribution < 1.29 is 9.72 Å². The molecule has 0 aliphatic carbocycles. The summed E-state index contributed by atoms with van der Waals surface area (Å²) < 4.78 is 3.08. The first kappa shape index (κ1) is 21.8. The predicted molar refractivity (Wildman–Crippen MR) is 114 cm³/mol. The van der Waals surface area contributed by atoms with Gasteiger partial charge in [-0.3, -0.25) is 9.48 Å². The number of amides is 1. The Bertz CT molecular complexity index is 1110. The van der Waals surface area contributed by atoms with E-state index >= 15 is 0 Å². The van der Waals surface area contributed by atoms with E-state index in [4.69, 9.17) is 23.2 Å². The maximum atomic E-state index is 12.8. The van der Waals surface area contributed by atoms with E-state index in [1.807, 2.05) is 19.9 Å². The van der Waals surface area contributed by atoms with E-state index in [-0.39, 0.29) is 11.7 Å². The van der Waals surface area contributed by atoms with Crippen LogP contribution in [-0.2, 0) is 11.3 Å². The number of benzene rings is 1. The fourth-order valence-corrected chi connectivity index (χ4v) is 3.57. The third kappa shape index (κ3) is 4.63. The Balaban J connectivity index is 1.78. The molecule has 1 amide bonds. The van der Waals surface area contributed by atoms with Crippen LogP contribution in [0.25, 0.3) is 0 Å². The summed E-state index contributed by atoms with van der Waals surface area (Å²) in [6, 6.07) is 7.62. The van der Waals surface area contributed by atoms with Crippen molar-refractivity contribution in [2.75, 3.05) is 5.32 Å². The Morgan fingerprint density at radius 1 is 1.20 bits per heavy atom. The molecule has 0 saturated heterocycles. The predicted octanol–water partition coefficient (Wildman–Crippen LogP) is 4.55. The highest BCUT2D eigenvalue weighted by molar-refractivity contribution is 6.35. The van der Waals surface area contributed by atoms with E-state index in [0.29, 0.717) is 34.5 Å². The van der Waals surface area contributed by atoms with Gasteiger partial charge in [-0.05, 0) is 42.9 Å². The number of halogens is 2. The number of aryl methyl sites for hydroxylation is 2. The van der Waals surface area contributed by atoms with Gasteiger partial charge in [-0.2, -0.15) is 9.78 Å². The Morgan fingerprint density at radius 2 is 1.93 bits per heavy atom. The number of rotatable bonds is 7. The first-order chi connectivity index (χ1) is 14.2. The van der Waals surface area contributed by atoms with E-state index in [1.54, 1.807) is 29.8 Å². The second kappa shape index (κ2) is 8.85. The van der Waals surface area contributed by atoms with Gasteiger partial charge in [0.25, 0.3) is 5.91 Å². The van der Waals surface area contributed by atoms with Gasteiger partial charge < -0.3 is 15.4 Å². The number of carbonyl (C=O) groups excluding carboxylic acids is 1. The zero-order valence-electron chi connectivity index (χ0n) is 16.6. The molecule has 0 aliphatic rings. The van der Waals surface area contributed by atoms with Crippen molar-refractivity contribution in [1.82, 2.24) is 19.6 Å². The molecule has 0 spiro atoms. The van der Waals surface area contributed by atoms with Gasteiger partial charge in [0.2, 0.25) is 0 Å². The third-order valence-corrected chi connectivity index (χ3v) is 5.24. The monoisotopic (exact) mass is 450 g/mol. The molecule has 9 nitrogen and oxygen atoms in total. The van der Waals surface area contributed by atoms with Crippen LogP contribution in [0.2, 0.25) is 10.0 Å². The Kier molecular flexibility index (Phi) is 6.42. The summed E-state index contributed by atoms with van der Waals surface area (Å²) in [5.41, 5.74) is 2.20. The van der Waals surface area contributed by atoms with E-state index < -0.39 is 11.0 Å². The molecule has 2 aromatic heterocycles. The number of aromatic nitrogens is 4. The Morgan fingerprint density at radius 3 is 2.53 bits per heavy atom. The molecule has 0 saturated carbocycles. The van der Waals surface area contributed by atoms with Crippen molar-refractivity contribution in [3.63, 3.8) is 0 Å². The molecule has 1 N–H and O–H groups in total. The van der Waals surface area contributed by atoms with E-state index in [2.05, 4.69) is 15.5 Å². The second-order valence-electron chi connectivity index (χ2n) is 6.82.